The average Bonchev–Trinajstić information content (AvgIpc) is 2.14. The number of carbonyl (C=O) groups excluding carboxylic acids is 1. The van der Waals surface area contributed by atoms with E-state index in [4.69, 9.17) is 4.74 Å². The maximum Gasteiger partial charge on any atom is 0.340 e. The second kappa shape index (κ2) is 2.97. The molecule has 4 heteroatoms. The number of hydrogen-bond donors (Lipinski definition) is 1. The van der Waals surface area contributed by atoms with E-state index in [1.165, 1.54) is 6.07 Å². The summed E-state index contributed by atoms with van der Waals surface area (Å²) in [4.78, 5) is 15.4. The molecule has 1 aromatic rings. The molecule has 1 unspecified atom stereocenters. The highest BCUT2D eigenvalue weighted by atomic mass is 16.5. The number of carbonyl (C=O) groups is 1. The van der Waals surface area contributed by atoms with E-state index in [2.05, 4.69) is 4.98 Å². The smallest absolute Gasteiger partial charge is 0.340 e. The number of fused-ring (bicyclic) bond motifs is 1. The highest BCUT2D eigenvalue weighted by Crippen LogP contribution is 2.30. The molecule has 0 aliphatic carbocycles. The van der Waals surface area contributed by atoms with Crippen LogP contribution >= 0.6 is 0 Å². The van der Waals surface area contributed by atoms with Crippen molar-refractivity contribution >= 4 is 5.97 Å². The van der Waals surface area contributed by atoms with Gasteiger partial charge in [-0.25, -0.2) is 9.78 Å². The molecular weight excluding hydrogens is 182 g/mol. The summed E-state index contributed by atoms with van der Waals surface area (Å²) < 4.78 is 5.10. The van der Waals surface area contributed by atoms with Crippen LogP contribution in [0.4, 0.5) is 0 Å². The van der Waals surface area contributed by atoms with Crippen molar-refractivity contribution in [3.05, 3.63) is 23.4 Å². The summed E-state index contributed by atoms with van der Waals surface area (Å²) in [5.41, 5.74) is 1.07. The van der Waals surface area contributed by atoms with Crippen LogP contribution in [-0.4, -0.2) is 22.2 Å². The van der Waals surface area contributed by atoms with Crippen molar-refractivity contribution in [2.45, 2.75) is 25.9 Å². The molecule has 0 amide bonds. The van der Waals surface area contributed by atoms with E-state index < -0.39 is 0 Å². The van der Waals surface area contributed by atoms with Crippen molar-refractivity contribution in [3.8, 4) is 5.88 Å². The van der Waals surface area contributed by atoms with E-state index in [0.717, 1.165) is 0 Å². The molecule has 1 aromatic heterocycles. The molecule has 14 heavy (non-hydrogen) atoms. The van der Waals surface area contributed by atoms with E-state index in [1.807, 2.05) is 13.8 Å². The molecule has 1 N–H and O–H groups in total. The van der Waals surface area contributed by atoms with Crippen molar-refractivity contribution in [1.82, 2.24) is 4.98 Å². The Kier molecular flexibility index (Phi) is 1.91. The molecule has 74 valence electrons. The lowest BCUT2D eigenvalue weighted by molar-refractivity contribution is 0.0234. The molecular formula is C10H11NO3. The Morgan fingerprint density at radius 1 is 1.43 bits per heavy atom. The van der Waals surface area contributed by atoms with Gasteiger partial charge in [-0.3, -0.25) is 0 Å². The van der Waals surface area contributed by atoms with Gasteiger partial charge in [-0.1, -0.05) is 6.92 Å². The predicted molar refractivity (Wildman–Crippen MR) is 49.2 cm³/mol. The molecule has 1 aliphatic heterocycles. The number of pyridine rings is 1. The van der Waals surface area contributed by atoms with Gasteiger partial charge in [0.05, 0.1) is 11.3 Å². The number of aromatic hydroxyl groups is 1. The first-order chi connectivity index (χ1) is 6.59. The van der Waals surface area contributed by atoms with Gasteiger partial charge in [-0.15, -0.1) is 0 Å². The van der Waals surface area contributed by atoms with Gasteiger partial charge in [-0.2, -0.15) is 0 Å². The van der Waals surface area contributed by atoms with E-state index in [-0.39, 0.29) is 23.9 Å². The summed E-state index contributed by atoms with van der Waals surface area (Å²) in [5.74, 6) is -0.398. The number of cyclic esters (lactones) is 1. The Hall–Kier alpha value is -1.58. The van der Waals surface area contributed by atoms with E-state index in [9.17, 15) is 9.90 Å². The van der Waals surface area contributed by atoms with Gasteiger partial charge >= 0.3 is 5.97 Å². The standard InChI is InChI=1S/C10H11NO3/c1-5-6(2)14-10(13)7-3-4-8(12)11-9(5)7/h3-6H,1-2H3,(H,11,12)/t5?,6-/m0/s1. The normalized spacial score (nSPS) is 25.4. The highest BCUT2D eigenvalue weighted by molar-refractivity contribution is 5.92. The highest BCUT2D eigenvalue weighted by Gasteiger charge is 2.31. The number of nitrogens with zero attached hydrogens (tertiary/aromatic N) is 1. The van der Waals surface area contributed by atoms with E-state index in [0.29, 0.717) is 11.3 Å². The molecule has 1 aliphatic rings. The van der Waals surface area contributed by atoms with Gasteiger partial charge in [0.15, 0.2) is 0 Å². The Bertz CT molecular complexity index is 389. The number of esters is 1. The largest absolute Gasteiger partial charge is 0.493 e. The summed E-state index contributed by atoms with van der Waals surface area (Å²) in [6.07, 6.45) is -0.190. The maximum absolute atomic E-state index is 11.4. The van der Waals surface area contributed by atoms with Crippen molar-refractivity contribution in [3.63, 3.8) is 0 Å². The predicted octanol–water partition coefficient (Wildman–Crippen LogP) is 1.45. The lowest BCUT2D eigenvalue weighted by Gasteiger charge is -2.26. The van der Waals surface area contributed by atoms with Gasteiger partial charge in [0.1, 0.15) is 6.10 Å². The van der Waals surface area contributed by atoms with Crippen LogP contribution in [0.1, 0.15) is 35.8 Å². The van der Waals surface area contributed by atoms with Crippen LogP contribution in [0.15, 0.2) is 12.1 Å². The Balaban J connectivity index is 2.56. The van der Waals surface area contributed by atoms with Gasteiger partial charge < -0.3 is 9.84 Å². The van der Waals surface area contributed by atoms with Crippen LogP contribution < -0.4 is 0 Å². The third-order valence-corrected chi connectivity index (χ3v) is 2.56. The third kappa shape index (κ3) is 1.23. The Morgan fingerprint density at radius 3 is 2.86 bits per heavy atom. The molecule has 2 atom stereocenters. The second-order valence-corrected chi connectivity index (χ2v) is 3.50. The number of ether oxygens (including phenoxy) is 1. The van der Waals surface area contributed by atoms with Gasteiger partial charge in [0.2, 0.25) is 5.88 Å². The van der Waals surface area contributed by atoms with Crippen LogP contribution in [-0.2, 0) is 4.74 Å². The summed E-state index contributed by atoms with van der Waals surface area (Å²) in [7, 11) is 0. The molecule has 0 spiro atoms. The quantitative estimate of drug-likeness (QED) is 0.633. The first-order valence-electron chi connectivity index (χ1n) is 4.50. The summed E-state index contributed by atoms with van der Waals surface area (Å²) in [5, 5.41) is 9.22. The third-order valence-electron chi connectivity index (χ3n) is 2.56. The molecule has 0 bridgehead atoms. The maximum atomic E-state index is 11.4. The minimum absolute atomic E-state index is 0.0230. The fraction of sp³-hybridized carbons (Fsp3) is 0.400. The van der Waals surface area contributed by atoms with Crippen molar-refractivity contribution in [1.29, 1.82) is 0 Å². The molecule has 0 saturated carbocycles. The number of hydrogen-bond acceptors (Lipinski definition) is 4. The van der Waals surface area contributed by atoms with Crippen LogP contribution in [0.3, 0.4) is 0 Å². The molecule has 2 rings (SSSR count). The fourth-order valence-electron chi connectivity index (χ4n) is 1.54. The van der Waals surface area contributed by atoms with Crippen molar-refractivity contribution < 1.29 is 14.6 Å². The topological polar surface area (TPSA) is 59.4 Å². The van der Waals surface area contributed by atoms with E-state index in [1.54, 1.807) is 6.07 Å². The van der Waals surface area contributed by atoms with Gasteiger partial charge in [-0.05, 0) is 13.0 Å². The minimum Gasteiger partial charge on any atom is -0.493 e. The van der Waals surface area contributed by atoms with Crippen LogP contribution in [0.25, 0.3) is 0 Å². The summed E-state index contributed by atoms with van der Waals surface area (Å²) in [6, 6.07) is 2.94. The molecule has 0 saturated heterocycles. The number of aromatic nitrogens is 1. The summed E-state index contributed by atoms with van der Waals surface area (Å²) >= 11 is 0. The SMILES string of the molecule is CC1c2nc(O)ccc2C(=O)O[C@H]1C. The van der Waals surface area contributed by atoms with Crippen LogP contribution in [0, 0.1) is 0 Å². The van der Waals surface area contributed by atoms with Crippen LogP contribution in [0.5, 0.6) is 5.88 Å². The monoisotopic (exact) mass is 193 g/mol. The summed E-state index contributed by atoms with van der Waals surface area (Å²) in [6.45, 7) is 3.74. The lowest BCUT2D eigenvalue weighted by Crippen LogP contribution is -2.29. The zero-order chi connectivity index (χ0) is 10.3. The molecule has 0 radical (unpaired) electrons. The first kappa shape index (κ1) is 8.99. The molecule has 2 heterocycles. The van der Waals surface area contributed by atoms with Gasteiger partial charge in [0, 0.05) is 12.0 Å². The zero-order valence-corrected chi connectivity index (χ0v) is 8.02. The first-order valence-corrected chi connectivity index (χ1v) is 4.50. The Morgan fingerprint density at radius 2 is 2.14 bits per heavy atom. The average molecular weight is 193 g/mol. The fourth-order valence-corrected chi connectivity index (χ4v) is 1.54. The van der Waals surface area contributed by atoms with Crippen molar-refractivity contribution in [2.75, 3.05) is 0 Å². The lowest BCUT2D eigenvalue weighted by atomic mass is 9.94. The van der Waals surface area contributed by atoms with Crippen LogP contribution in [0.2, 0.25) is 0 Å². The zero-order valence-electron chi connectivity index (χ0n) is 8.02. The van der Waals surface area contributed by atoms with Gasteiger partial charge in [0.25, 0.3) is 0 Å². The Labute approximate surface area is 81.5 Å². The number of rotatable bonds is 0. The second-order valence-electron chi connectivity index (χ2n) is 3.50. The van der Waals surface area contributed by atoms with E-state index >= 15 is 0 Å². The van der Waals surface area contributed by atoms with Crippen molar-refractivity contribution in [2.24, 2.45) is 0 Å². The molecule has 0 fully saturated rings. The minimum atomic E-state index is -0.363. The molecule has 4 nitrogen and oxygen atoms in total. The molecule has 0 aromatic carbocycles.